The Labute approximate surface area is 121 Å². The van der Waals surface area contributed by atoms with Crippen LogP contribution in [0.1, 0.15) is 44.7 Å². The molecule has 1 heterocycles. The first kappa shape index (κ1) is 14.4. The van der Waals surface area contributed by atoms with Gasteiger partial charge in [-0.25, -0.2) is 0 Å². The zero-order valence-corrected chi connectivity index (χ0v) is 13.1. The third-order valence-electron chi connectivity index (χ3n) is 3.56. The Balaban J connectivity index is 1.92. The van der Waals surface area contributed by atoms with E-state index in [0.717, 1.165) is 17.5 Å². The van der Waals surface area contributed by atoms with Crippen LogP contribution in [0.15, 0.2) is 29.3 Å². The summed E-state index contributed by atoms with van der Waals surface area (Å²) in [5, 5.41) is 4.61. The van der Waals surface area contributed by atoms with Gasteiger partial charge in [-0.3, -0.25) is 4.99 Å². The molecule has 0 saturated carbocycles. The lowest BCUT2D eigenvalue weighted by molar-refractivity contribution is 0.503. The molecule has 104 valence electrons. The Morgan fingerprint density at radius 3 is 2.42 bits per heavy atom. The van der Waals surface area contributed by atoms with Gasteiger partial charge >= 0.3 is 0 Å². The molecule has 3 heteroatoms. The third kappa shape index (κ3) is 4.00. The third-order valence-corrected chi connectivity index (χ3v) is 4.61. The van der Waals surface area contributed by atoms with Crippen molar-refractivity contribution in [2.24, 2.45) is 10.9 Å². The van der Waals surface area contributed by atoms with Gasteiger partial charge in [0.15, 0.2) is 5.17 Å². The molecule has 2 rings (SSSR count). The molecular weight excluding hydrogens is 252 g/mol. The van der Waals surface area contributed by atoms with Crippen LogP contribution in [0.5, 0.6) is 0 Å². The second-order valence-corrected chi connectivity index (χ2v) is 6.83. The van der Waals surface area contributed by atoms with Crippen LogP contribution in [0.25, 0.3) is 0 Å². The second-order valence-electron chi connectivity index (χ2n) is 5.82. The minimum absolute atomic E-state index is 0.576. The van der Waals surface area contributed by atoms with E-state index in [0.29, 0.717) is 17.9 Å². The van der Waals surface area contributed by atoms with Crippen LogP contribution in [0.2, 0.25) is 0 Å². The smallest absolute Gasteiger partial charge is 0.157 e. The van der Waals surface area contributed by atoms with E-state index in [2.05, 4.69) is 62.3 Å². The molecule has 0 aromatic heterocycles. The molecule has 1 aromatic carbocycles. The van der Waals surface area contributed by atoms with Crippen molar-refractivity contribution in [3.8, 4) is 0 Å². The molecule has 0 bridgehead atoms. The monoisotopic (exact) mass is 276 g/mol. The van der Waals surface area contributed by atoms with E-state index in [-0.39, 0.29) is 0 Å². The number of benzene rings is 1. The lowest BCUT2D eigenvalue weighted by Gasteiger charge is -2.13. The van der Waals surface area contributed by atoms with Crippen molar-refractivity contribution in [2.45, 2.75) is 46.2 Å². The summed E-state index contributed by atoms with van der Waals surface area (Å²) in [4.78, 5) is 4.67. The van der Waals surface area contributed by atoms with Crippen molar-refractivity contribution in [2.75, 3.05) is 5.75 Å². The number of nitrogens with zero attached hydrogens (tertiary/aromatic N) is 1. The molecule has 1 aliphatic heterocycles. The fraction of sp³-hybridized carbons (Fsp3) is 0.562. The summed E-state index contributed by atoms with van der Waals surface area (Å²) in [5.41, 5.74) is 2.68. The number of rotatable bonds is 4. The number of nitrogens with one attached hydrogen (secondary N) is 1. The molecule has 0 radical (unpaired) electrons. The molecule has 1 saturated heterocycles. The molecule has 0 spiro atoms. The van der Waals surface area contributed by atoms with Gasteiger partial charge < -0.3 is 5.32 Å². The van der Waals surface area contributed by atoms with E-state index in [1.807, 2.05) is 11.8 Å². The zero-order valence-electron chi connectivity index (χ0n) is 12.3. The molecular formula is C16H24N2S. The molecule has 1 unspecified atom stereocenters. The fourth-order valence-corrected chi connectivity index (χ4v) is 3.23. The summed E-state index contributed by atoms with van der Waals surface area (Å²) in [7, 11) is 0. The maximum atomic E-state index is 4.67. The molecule has 1 aromatic rings. The van der Waals surface area contributed by atoms with Gasteiger partial charge in [0.2, 0.25) is 0 Å². The SMILES string of the molecule is CC(C)c1ccc(CN=C2NC(C(C)C)CS2)cc1. The Morgan fingerprint density at radius 1 is 1.21 bits per heavy atom. The van der Waals surface area contributed by atoms with Crippen LogP contribution >= 0.6 is 11.8 Å². The van der Waals surface area contributed by atoms with Gasteiger partial charge in [-0.1, -0.05) is 63.7 Å². The van der Waals surface area contributed by atoms with E-state index in [9.17, 15) is 0 Å². The van der Waals surface area contributed by atoms with Crippen molar-refractivity contribution < 1.29 is 0 Å². The highest BCUT2D eigenvalue weighted by Crippen LogP contribution is 2.20. The minimum Gasteiger partial charge on any atom is -0.361 e. The number of amidine groups is 1. The quantitative estimate of drug-likeness (QED) is 0.898. The van der Waals surface area contributed by atoms with Crippen molar-refractivity contribution in [3.63, 3.8) is 0 Å². The second kappa shape index (κ2) is 6.47. The van der Waals surface area contributed by atoms with E-state index in [1.54, 1.807) is 0 Å². The summed E-state index contributed by atoms with van der Waals surface area (Å²) in [6.45, 7) is 9.73. The van der Waals surface area contributed by atoms with Gasteiger partial charge in [-0.15, -0.1) is 0 Å². The van der Waals surface area contributed by atoms with Gasteiger partial charge in [-0.2, -0.15) is 0 Å². The Bertz CT molecular complexity index is 435. The predicted molar refractivity (Wildman–Crippen MR) is 85.9 cm³/mol. The molecule has 1 fully saturated rings. The summed E-state index contributed by atoms with van der Waals surface area (Å²) in [6, 6.07) is 9.39. The van der Waals surface area contributed by atoms with E-state index in [1.165, 1.54) is 11.1 Å². The van der Waals surface area contributed by atoms with Crippen LogP contribution < -0.4 is 5.32 Å². The number of hydrogen-bond acceptors (Lipinski definition) is 2. The van der Waals surface area contributed by atoms with Crippen molar-refractivity contribution in [1.29, 1.82) is 0 Å². The summed E-state index contributed by atoms with van der Waals surface area (Å²) < 4.78 is 0. The maximum Gasteiger partial charge on any atom is 0.157 e. The van der Waals surface area contributed by atoms with E-state index < -0.39 is 0 Å². The van der Waals surface area contributed by atoms with Crippen LogP contribution in [-0.4, -0.2) is 17.0 Å². The molecule has 0 aliphatic carbocycles. The van der Waals surface area contributed by atoms with Crippen LogP contribution in [0.4, 0.5) is 0 Å². The van der Waals surface area contributed by atoms with Crippen molar-refractivity contribution in [1.82, 2.24) is 5.32 Å². The predicted octanol–water partition coefficient (Wildman–Crippen LogP) is 4.03. The van der Waals surface area contributed by atoms with Gasteiger partial charge in [0.1, 0.15) is 0 Å². The van der Waals surface area contributed by atoms with Crippen molar-refractivity contribution >= 4 is 16.9 Å². The highest BCUT2D eigenvalue weighted by atomic mass is 32.2. The number of thioether (sulfide) groups is 1. The standard InChI is InChI=1S/C16H24N2S/c1-11(2)14-7-5-13(6-8-14)9-17-16-18-15(10-19-16)12(3)4/h5-8,11-12,15H,9-10H2,1-4H3,(H,17,18). The number of hydrogen-bond donors (Lipinski definition) is 1. The Kier molecular flexibility index (Phi) is 4.92. The van der Waals surface area contributed by atoms with Crippen LogP contribution in [0, 0.1) is 5.92 Å². The first-order chi connectivity index (χ1) is 9.06. The molecule has 1 aliphatic rings. The average Bonchev–Trinajstić information content (AvgIpc) is 2.86. The first-order valence-corrected chi connectivity index (χ1v) is 8.07. The fourth-order valence-electron chi connectivity index (χ4n) is 2.03. The number of aliphatic imine (C=N–C) groups is 1. The largest absolute Gasteiger partial charge is 0.361 e. The normalized spacial score (nSPS) is 21.4. The Morgan fingerprint density at radius 2 is 1.89 bits per heavy atom. The van der Waals surface area contributed by atoms with Crippen molar-refractivity contribution in [3.05, 3.63) is 35.4 Å². The van der Waals surface area contributed by atoms with Gasteiger partial charge in [0.05, 0.1) is 6.54 Å². The maximum absolute atomic E-state index is 4.67. The minimum atomic E-state index is 0.576. The van der Waals surface area contributed by atoms with E-state index >= 15 is 0 Å². The Hall–Kier alpha value is -0.960. The molecule has 1 atom stereocenters. The molecule has 1 N–H and O–H groups in total. The summed E-state index contributed by atoms with van der Waals surface area (Å²) in [5.74, 6) is 2.41. The van der Waals surface area contributed by atoms with Gasteiger partial charge in [-0.05, 0) is 23.0 Å². The summed E-state index contributed by atoms with van der Waals surface area (Å²) >= 11 is 1.84. The van der Waals surface area contributed by atoms with Gasteiger partial charge in [0.25, 0.3) is 0 Å². The van der Waals surface area contributed by atoms with Crippen LogP contribution in [-0.2, 0) is 6.54 Å². The first-order valence-electron chi connectivity index (χ1n) is 7.09. The lowest BCUT2D eigenvalue weighted by Crippen LogP contribution is -2.31. The lowest BCUT2D eigenvalue weighted by atomic mass is 10.0. The highest BCUT2D eigenvalue weighted by Gasteiger charge is 2.22. The molecule has 2 nitrogen and oxygen atoms in total. The molecule has 0 amide bonds. The topological polar surface area (TPSA) is 24.4 Å². The van der Waals surface area contributed by atoms with Crippen LogP contribution in [0.3, 0.4) is 0 Å². The van der Waals surface area contributed by atoms with Gasteiger partial charge in [0, 0.05) is 11.8 Å². The highest BCUT2D eigenvalue weighted by molar-refractivity contribution is 8.14. The average molecular weight is 276 g/mol. The molecule has 19 heavy (non-hydrogen) atoms. The zero-order chi connectivity index (χ0) is 13.8. The van der Waals surface area contributed by atoms with E-state index in [4.69, 9.17) is 0 Å². The summed E-state index contributed by atoms with van der Waals surface area (Å²) in [6.07, 6.45) is 0.